The van der Waals surface area contributed by atoms with Gasteiger partial charge < -0.3 is 15.0 Å². The number of anilines is 1. The van der Waals surface area contributed by atoms with Crippen molar-refractivity contribution in [3.8, 4) is 5.75 Å². The third-order valence-corrected chi connectivity index (χ3v) is 7.74. The molecule has 2 aliphatic rings. The third-order valence-electron chi connectivity index (χ3n) is 5.74. The van der Waals surface area contributed by atoms with Gasteiger partial charge in [0.2, 0.25) is 15.9 Å². The van der Waals surface area contributed by atoms with Gasteiger partial charge in [0.25, 0.3) is 5.91 Å². The topological polar surface area (TPSA) is 96.0 Å². The van der Waals surface area contributed by atoms with Crippen LogP contribution in [-0.2, 0) is 19.6 Å². The molecule has 1 atom stereocenters. The summed E-state index contributed by atoms with van der Waals surface area (Å²) in [5.41, 5.74) is 1.01. The monoisotopic (exact) mass is 437 g/mol. The first-order chi connectivity index (χ1) is 14.3. The number of carbonyl (C=O) groups is 2. The summed E-state index contributed by atoms with van der Waals surface area (Å²) in [6.07, 6.45) is 3.30. The number of carbonyl (C=O) groups excluding carboxylic acids is 2. The van der Waals surface area contributed by atoms with E-state index in [1.165, 1.54) is 10.4 Å². The predicted molar refractivity (Wildman–Crippen MR) is 114 cm³/mol. The zero-order valence-electron chi connectivity index (χ0n) is 17.9. The standard InChI is InChI=1S/C21H31N3O5S/c1-4-6-9-23(5-2)21(26)16-8-7-10-24(13-16)30(27,28)19-12-18-17(11-15(19)3)22-20(25)14-29-18/h11-12,16H,4-10,13-14H2,1-3H3,(H,22,25)/t16-/m0/s1. The van der Waals surface area contributed by atoms with Crippen molar-refractivity contribution < 1.29 is 22.7 Å². The van der Waals surface area contributed by atoms with Gasteiger partial charge in [-0.25, -0.2) is 8.42 Å². The van der Waals surface area contributed by atoms with E-state index in [0.29, 0.717) is 49.5 Å². The van der Waals surface area contributed by atoms with E-state index >= 15 is 0 Å². The van der Waals surface area contributed by atoms with Crippen molar-refractivity contribution >= 4 is 27.5 Å². The number of hydrogen-bond acceptors (Lipinski definition) is 5. The molecule has 0 bridgehead atoms. The van der Waals surface area contributed by atoms with Gasteiger partial charge in [-0.2, -0.15) is 4.31 Å². The molecule has 0 unspecified atom stereocenters. The average molecular weight is 438 g/mol. The molecule has 166 valence electrons. The minimum absolute atomic E-state index is 0.0408. The van der Waals surface area contributed by atoms with Crippen molar-refractivity contribution in [2.75, 3.05) is 38.1 Å². The summed E-state index contributed by atoms with van der Waals surface area (Å²) in [6.45, 7) is 7.53. The summed E-state index contributed by atoms with van der Waals surface area (Å²) in [4.78, 5) is 26.5. The number of amides is 2. The van der Waals surface area contributed by atoms with E-state index in [-0.39, 0.29) is 35.8 Å². The average Bonchev–Trinajstić information content (AvgIpc) is 2.73. The second-order valence-electron chi connectivity index (χ2n) is 7.92. The van der Waals surface area contributed by atoms with Gasteiger partial charge >= 0.3 is 0 Å². The highest BCUT2D eigenvalue weighted by Crippen LogP contribution is 2.35. The molecule has 9 heteroatoms. The van der Waals surface area contributed by atoms with Gasteiger partial charge in [0.15, 0.2) is 6.61 Å². The molecule has 3 rings (SSSR count). The number of sulfonamides is 1. The quantitative estimate of drug-likeness (QED) is 0.707. The molecular formula is C21H31N3O5S. The molecule has 2 amide bonds. The lowest BCUT2D eigenvalue weighted by atomic mass is 9.98. The smallest absolute Gasteiger partial charge is 0.262 e. The summed E-state index contributed by atoms with van der Waals surface area (Å²) in [6, 6.07) is 3.10. The Morgan fingerprint density at radius 3 is 2.80 bits per heavy atom. The van der Waals surface area contributed by atoms with E-state index in [1.807, 2.05) is 11.8 Å². The van der Waals surface area contributed by atoms with E-state index in [2.05, 4.69) is 12.2 Å². The van der Waals surface area contributed by atoms with Gasteiger partial charge in [-0.1, -0.05) is 13.3 Å². The van der Waals surface area contributed by atoms with E-state index in [1.54, 1.807) is 13.0 Å². The number of unbranched alkanes of at least 4 members (excludes halogenated alkanes) is 1. The van der Waals surface area contributed by atoms with E-state index in [0.717, 1.165) is 12.8 Å². The Morgan fingerprint density at radius 2 is 2.10 bits per heavy atom. The number of nitrogens with one attached hydrogen (secondary N) is 1. The summed E-state index contributed by atoms with van der Waals surface area (Å²) in [7, 11) is -3.79. The van der Waals surface area contributed by atoms with Crippen LogP contribution in [0.4, 0.5) is 5.69 Å². The highest BCUT2D eigenvalue weighted by Gasteiger charge is 2.36. The van der Waals surface area contributed by atoms with Crippen molar-refractivity contribution in [1.82, 2.24) is 9.21 Å². The van der Waals surface area contributed by atoms with Crippen molar-refractivity contribution in [2.45, 2.75) is 51.3 Å². The Kier molecular flexibility index (Phi) is 7.02. The lowest BCUT2D eigenvalue weighted by Gasteiger charge is -2.34. The van der Waals surface area contributed by atoms with Crippen molar-refractivity contribution in [2.24, 2.45) is 5.92 Å². The molecule has 1 aromatic carbocycles. The maximum Gasteiger partial charge on any atom is 0.262 e. The molecule has 1 saturated heterocycles. The summed E-state index contributed by atoms with van der Waals surface area (Å²) in [5.74, 6) is -0.198. The van der Waals surface area contributed by atoms with Gasteiger partial charge in [0.1, 0.15) is 5.75 Å². The van der Waals surface area contributed by atoms with Crippen LogP contribution in [0.2, 0.25) is 0 Å². The second kappa shape index (κ2) is 9.34. The lowest BCUT2D eigenvalue weighted by molar-refractivity contribution is -0.136. The molecular weight excluding hydrogens is 406 g/mol. The number of fused-ring (bicyclic) bond motifs is 1. The van der Waals surface area contributed by atoms with Gasteiger partial charge in [-0.3, -0.25) is 9.59 Å². The normalized spacial score (nSPS) is 19.6. The van der Waals surface area contributed by atoms with Crippen molar-refractivity contribution in [3.63, 3.8) is 0 Å². The van der Waals surface area contributed by atoms with Crippen LogP contribution in [0.25, 0.3) is 0 Å². The zero-order valence-corrected chi connectivity index (χ0v) is 18.8. The Hall–Kier alpha value is -2.13. The number of hydrogen-bond donors (Lipinski definition) is 1. The maximum atomic E-state index is 13.4. The fraction of sp³-hybridized carbons (Fsp3) is 0.619. The molecule has 1 fully saturated rings. The van der Waals surface area contributed by atoms with Crippen molar-refractivity contribution in [1.29, 1.82) is 0 Å². The Bertz CT molecular complexity index is 915. The summed E-state index contributed by atoms with van der Waals surface area (Å²) in [5, 5.41) is 2.69. The van der Waals surface area contributed by atoms with Crippen LogP contribution in [-0.4, -0.2) is 62.2 Å². The Balaban J connectivity index is 1.81. The third kappa shape index (κ3) is 4.62. The van der Waals surface area contributed by atoms with Crippen LogP contribution in [0, 0.1) is 12.8 Å². The van der Waals surface area contributed by atoms with Crippen LogP contribution in [0.5, 0.6) is 5.75 Å². The molecule has 0 saturated carbocycles. The number of benzene rings is 1. The van der Waals surface area contributed by atoms with Gasteiger partial charge in [0.05, 0.1) is 16.5 Å². The van der Waals surface area contributed by atoms with E-state index < -0.39 is 10.0 Å². The zero-order chi connectivity index (χ0) is 21.9. The fourth-order valence-electron chi connectivity index (χ4n) is 4.03. The second-order valence-corrected chi connectivity index (χ2v) is 9.83. The van der Waals surface area contributed by atoms with Crippen LogP contribution >= 0.6 is 0 Å². The van der Waals surface area contributed by atoms with Crippen molar-refractivity contribution in [3.05, 3.63) is 17.7 Å². The molecule has 30 heavy (non-hydrogen) atoms. The van der Waals surface area contributed by atoms with Crippen LogP contribution in [0.15, 0.2) is 17.0 Å². The molecule has 0 spiro atoms. The molecule has 2 aliphatic heterocycles. The van der Waals surface area contributed by atoms with Crippen LogP contribution < -0.4 is 10.1 Å². The number of nitrogens with zero attached hydrogens (tertiary/aromatic N) is 2. The van der Waals surface area contributed by atoms with E-state index in [4.69, 9.17) is 4.74 Å². The first-order valence-electron chi connectivity index (χ1n) is 10.6. The SMILES string of the molecule is CCCCN(CC)C(=O)[C@H]1CCCN(S(=O)(=O)c2cc3c(cc2C)NC(=O)CO3)C1. The predicted octanol–water partition coefficient (Wildman–Crippen LogP) is 2.38. The van der Waals surface area contributed by atoms with Gasteiger partial charge in [0, 0.05) is 32.2 Å². The van der Waals surface area contributed by atoms with Gasteiger partial charge in [-0.05, 0) is 44.7 Å². The largest absolute Gasteiger partial charge is 0.482 e. The summed E-state index contributed by atoms with van der Waals surface area (Å²) >= 11 is 0. The highest BCUT2D eigenvalue weighted by atomic mass is 32.2. The number of ether oxygens (including phenoxy) is 1. The van der Waals surface area contributed by atoms with Crippen LogP contribution in [0.1, 0.15) is 45.1 Å². The number of rotatable bonds is 7. The van der Waals surface area contributed by atoms with Gasteiger partial charge in [-0.15, -0.1) is 0 Å². The minimum atomic E-state index is -3.79. The first kappa shape index (κ1) is 22.6. The molecule has 1 N–H and O–H groups in total. The Labute approximate surface area is 178 Å². The molecule has 0 aliphatic carbocycles. The highest BCUT2D eigenvalue weighted by molar-refractivity contribution is 7.89. The first-order valence-corrected chi connectivity index (χ1v) is 12.1. The minimum Gasteiger partial charge on any atom is -0.482 e. The van der Waals surface area contributed by atoms with Crippen LogP contribution in [0.3, 0.4) is 0 Å². The molecule has 0 radical (unpaired) electrons. The molecule has 2 heterocycles. The molecule has 8 nitrogen and oxygen atoms in total. The Morgan fingerprint density at radius 1 is 1.33 bits per heavy atom. The van der Waals surface area contributed by atoms with E-state index in [9.17, 15) is 18.0 Å². The lowest BCUT2D eigenvalue weighted by Crippen LogP contribution is -2.47. The summed E-state index contributed by atoms with van der Waals surface area (Å²) < 4.78 is 33.6. The molecule has 0 aromatic heterocycles. The molecule has 1 aromatic rings. The number of piperidine rings is 1. The fourth-order valence-corrected chi connectivity index (χ4v) is 5.77. The number of aryl methyl sites for hydroxylation is 1. The maximum absolute atomic E-state index is 13.4.